The molecule has 0 spiro atoms. The Bertz CT molecular complexity index is 1980. The maximum Gasteiger partial charge on any atom is 0.0709 e. The van der Waals surface area contributed by atoms with Crippen molar-refractivity contribution in [1.82, 2.24) is 0 Å². The zero-order chi connectivity index (χ0) is 24.3. The van der Waals surface area contributed by atoms with Crippen LogP contribution in [0, 0.1) is 0 Å². The average Bonchev–Trinajstić information content (AvgIpc) is 3.35. The van der Waals surface area contributed by atoms with Crippen molar-refractivity contribution in [2.24, 2.45) is 0 Å². The second kappa shape index (κ2) is 7.95. The number of anilines is 5. The highest BCUT2D eigenvalue weighted by Gasteiger charge is 2.25. The van der Waals surface area contributed by atoms with Gasteiger partial charge < -0.3 is 10.2 Å². The molecular formula is C34H22N2S. The molecule has 8 rings (SSSR count). The van der Waals surface area contributed by atoms with Gasteiger partial charge in [-0.1, -0.05) is 91.0 Å². The van der Waals surface area contributed by atoms with Crippen LogP contribution < -0.4 is 10.2 Å². The van der Waals surface area contributed by atoms with Crippen molar-refractivity contribution in [2.75, 3.05) is 10.2 Å². The van der Waals surface area contributed by atoms with Gasteiger partial charge in [0, 0.05) is 31.2 Å². The van der Waals surface area contributed by atoms with Gasteiger partial charge in [0.25, 0.3) is 0 Å². The number of rotatable bonds is 2. The van der Waals surface area contributed by atoms with Gasteiger partial charge in [0.15, 0.2) is 0 Å². The number of thiophene rings is 1. The van der Waals surface area contributed by atoms with E-state index in [4.69, 9.17) is 0 Å². The quantitative estimate of drug-likeness (QED) is 0.259. The van der Waals surface area contributed by atoms with E-state index in [0.717, 1.165) is 28.4 Å². The van der Waals surface area contributed by atoms with Crippen LogP contribution in [0.3, 0.4) is 0 Å². The maximum absolute atomic E-state index is 3.73. The summed E-state index contributed by atoms with van der Waals surface area (Å²) >= 11 is 1.88. The number of nitrogens with zero attached hydrogens (tertiary/aromatic N) is 1. The zero-order valence-electron chi connectivity index (χ0n) is 20.0. The van der Waals surface area contributed by atoms with Crippen LogP contribution in [0.15, 0.2) is 127 Å². The van der Waals surface area contributed by atoms with Crippen molar-refractivity contribution >= 4 is 70.7 Å². The molecule has 0 fully saturated rings. The molecule has 2 heterocycles. The Hall–Kier alpha value is -4.60. The Kier molecular flexibility index (Phi) is 4.42. The summed E-state index contributed by atoms with van der Waals surface area (Å²) < 4.78 is 2.67. The predicted octanol–water partition coefficient (Wildman–Crippen LogP) is 10.4. The lowest BCUT2D eigenvalue weighted by Crippen LogP contribution is -2.17. The molecule has 0 radical (unpaired) electrons. The van der Waals surface area contributed by atoms with Crippen LogP contribution in [0.1, 0.15) is 0 Å². The van der Waals surface area contributed by atoms with Crippen LogP contribution >= 0.6 is 11.3 Å². The molecule has 1 aliphatic heterocycles. The van der Waals surface area contributed by atoms with Crippen molar-refractivity contribution in [1.29, 1.82) is 0 Å². The van der Waals surface area contributed by atoms with Crippen LogP contribution in [-0.2, 0) is 0 Å². The third kappa shape index (κ3) is 3.11. The Morgan fingerprint density at radius 1 is 0.568 bits per heavy atom. The second-order valence-electron chi connectivity index (χ2n) is 9.49. The summed E-state index contributed by atoms with van der Waals surface area (Å²) in [5, 5.41) is 8.85. The first-order valence-electron chi connectivity index (χ1n) is 12.5. The summed E-state index contributed by atoms with van der Waals surface area (Å²) in [7, 11) is 0. The molecule has 0 saturated carbocycles. The number of hydrogen-bond acceptors (Lipinski definition) is 3. The molecule has 1 aliphatic rings. The van der Waals surface area contributed by atoms with Crippen molar-refractivity contribution in [3.05, 3.63) is 127 Å². The van der Waals surface area contributed by atoms with Gasteiger partial charge >= 0.3 is 0 Å². The molecule has 0 aliphatic carbocycles. The molecular weight excluding hydrogens is 468 g/mol. The third-order valence-electron chi connectivity index (χ3n) is 7.37. The van der Waals surface area contributed by atoms with E-state index in [1.165, 1.54) is 42.1 Å². The zero-order valence-corrected chi connectivity index (χ0v) is 20.8. The summed E-state index contributed by atoms with van der Waals surface area (Å²) in [5.41, 5.74) is 8.24. The van der Waals surface area contributed by atoms with E-state index in [1.54, 1.807) is 0 Å². The lowest BCUT2D eigenvalue weighted by molar-refractivity contribution is 1.26. The summed E-state index contributed by atoms with van der Waals surface area (Å²) in [6, 6.07) is 46.0. The van der Waals surface area contributed by atoms with E-state index >= 15 is 0 Å². The van der Waals surface area contributed by atoms with E-state index in [1.807, 2.05) is 11.3 Å². The van der Waals surface area contributed by atoms with E-state index in [0.29, 0.717) is 0 Å². The van der Waals surface area contributed by atoms with Gasteiger partial charge in [0.05, 0.1) is 22.7 Å². The van der Waals surface area contributed by atoms with E-state index < -0.39 is 0 Å². The minimum atomic E-state index is 1.11. The molecule has 1 N–H and O–H groups in total. The molecule has 2 nitrogen and oxygen atoms in total. The minimum absolute atomic E-state index is 1.11. The van der Waals surface area contributed by atoms with Crippen molar-refractivity contribution < 1.29 is 0 Å². The van der Waals surface area contributed by atoms with Crippen LogP contribution in [0.5, 0.6) is 0 Å². The third-order valence-corrected chi connectivity index (χ3v) is 8.59. The van der Waals surface area contributed by atoms with E-state index in [-0.39, 0.29) is 0 Å². The summed E-state index contributed by atoms with van der Waals surface area (Å²) in [6.07, 6.45) is 0. The molecule has 0 unspecified atom stereocenters. The van der Waals surface area contributed by atoms with Crippen molar-refractivity contribution in [2.45, 2.75) is 0 Å². The van der Waals surface area contributed by atoms with Crippen LogP contribution in [-0.4, -0.2) is 0 Å². The van der Waals surface area contributed by atoms with Gasteiger partial charge in [-0.15, -0.1) is 11.3 Å². The smallest absolute Gasteiger partial charge is 0.0709 e. The molecule has 174 valence electrons. The fraction of sp³-hybridized carbons (Fsp3) is 0. The first-order valence-corrected chi connectivity index (χ1v) is 13.4. The van der Waals surface area contributed by atoms with E-state index in [9.17, 15) is 0 Å². The Morgan fingerprint density at radius 2 is 1.35 bits per heavy atom. The standard InChI is InChI=1S/C34H22N2S/c1-2-12-25-22(9-1)19-20-31-33(25)35-29-16-4-5-17-30(29)36(31)24-11-7-10-23(21-24)26-14-8-15-28-27-13-3-6-18-32(27)37-34(26)28/h1-21,35H. The largest absolute Gasteiger partial charge is 0.352 e. The highest BCUT2D eigenvalue weighted by atomic mass is 32.1. The lowest BCUT2D eigenvalue weighted by Gasteiger charge is -2.35. The number of hydrogen-bond donors (Lipinski definition) is 1. The van der Waals surface area contributed by atoms with Crippen LogP contribution in [0.2, 0.25) is 0 Å². The number of para-hydroxylation sites is 2. The average molecular weight is 491 g/mol. The number of fused-ring (bicyclic) bond motifs is 7. The van der Waals surface area contributed by atoms with Crippen molar-refractivity contribution in [3.8, 4) is 11.1 Å². The minimum Gasteiger partial charge on any atom is -0.352 e. The Morgan fingerprint density at radius 3 is 2.32 bits per heavy atom. The Balaban J connectivity index is 1.35. The summed E-state index contributed by atoms with van der Waals surface area (Å²) in [6.45, 7) is 0. The SMILES string of the molecule is c1cc(-c2cccc3c2sc2ccccc23)cc(N2c3ccccc3Nc3c2ccc2ccccc32)c1. The topological polar surface area (TPSA) is 15.3 Å². The van der Waals surface area contributed by atoms with Gasteiger partial charge in [-0.25, -0.2) is 0 Å². The fourth-order valence-electron chi connectivity index (χ4n) is 5.68. The van der Waals surface area contributed by atoms with Gasteiger partial charge in [-0.05, 0) is 52.9 Å². The van der Waals surface area contributed by atoms with Gasteiger partial charge in [-0.2, -0.15) is 0 Å². The molecule has 37 heavy (non-hydrogen) atoms. The lowest BCUT2D eigenvalue weighted by atomic mass is 10.00. The molecule has 3 heteroatoms. The molecule has 1 aromatic heterocycles. The highest BCUT2D eigenvalue weighted by Crippen LogP contribution is 2.50. The van der Waals surface area contributed by atoms with Crippen LogP contribution in [0.25, 0.3) is 42.1 Å². The molecule has 0 amide bonds. The number of benzene rings is 6. The van der Waals surface area contributed by atoms with E-state index in [2.05, 4.69) is 138 Å². The second-order valence-corrected chi connectivity index (χ2v) is 10.5. The molecule has 0 bridgehead atoms. The monoisotopic (exact) mass is 490 g/mol. The molecule has 0 saturated heterocycles. The van der Waals surface area contributed by atoms with Crippen LogP contribution in [0.4, 0.5) is 28.4 Å². The van der Waals surface area contributed by atoms with Gasteiger partial charge in [0.1, 0.15) is 0 Å². The molecule has 7 aromatic rings. The summed E-state index contributed by atoms with van der Waals surface area (Å²) in [4.78, 5) is 2.39. The van der Waals surface area contributed by atoms with Gasteiger partial charge in [-0.3, -0.25) is 0 Å². The molecule has 6 aromatic carbocycles. The van der Waals surface area contributed by atoms with Gasteiger partial charge in [0.2, 0.25) is 0 Å². The summed E-state index contributed by atoms with van der Waals surface area (Å²) in [5.74, 6) is 0. The predicted molar refractivity (Wildman–Crippen MR) is 160 cm³/mol. The van der Waals surface area contributed by atoms with Crippen molar-refractivity contribution in [3.63, 3.8) is 0 Å². The number of nitrogens with one attached hydrogen (secondary N) is 1. The fourth-order valence-corrected chi connectivity index (χ4v) is 6.92. The first kappa shape index (κ1) is 20.6. The molecule has 0 atom stereocenters. The highest BCUT2D eigenvalue weighted by molar-refractivity contribution is 7.26. The maximum atomic E-state index is 3.73. The first-order chi connectivity index (χ1) is 18.3. The normalized spacial score (nSPS) is 12.5. The Labute approximate surface area is 219 Å².